The van der Waals surface area contributed by atoms with Crippen LogP contribution in [0.3, 0.4) is 0 Å². The highest BCUT2D eigenvalue weighted by Crippen LogP contribution is 2.34. The van der Waals surface area contributed by atoms with Gasteiger partial charge in [-0.05, 0) is 60.9 Å². The molecule has 6 heteroatoms. The van der Waals surface area contributed by atoms with E-state index in [-0.39, 0.29) is 11.8 Å². The molecule has 5 nitrogen and oxygen atoms in total. The van der Waals surface area contributed by atoms with E-state index in [4.69, 9.17) is 21.3 Å². The summed E-state index contributed by atoms with van der Waals surface area (Å²) in [5, 5.41) is 0.698. The molecule has 2 heterocycles. The lowest BCUT2D eigenvalue weighted by Gasteiger charge is -2.20. The molecule has 0 N–H and O–H groups in total. The number of ether oxygens (including phenoxy) is 1. The monoisotopic (exact) mass is 473 g/mol. The van der Waals surface area contributed by atoms with Gasteiger partial charge in [-0.2, -0.15) is 0 Å². The molecular formula is C28H28ClN3O2. The van der Waals surface area contributed by atoms with Gasteiger partial charge < -0.3 is 14.2 Å². The van der Waals surface area contributed by atoms with Crippen molar-refractivity contribution < 1.29 is 9.53 Å². The largest absolute Gasteiger partial charge is 0.494 e. The molecule has 0 spiro atoms. The number of hydrogen-bond acceptors (Lipinski definition) is 3. The molecule has 1 atom stereocenters. The normalized spacial score (nSPS) is 15.9. The number of aromatic nitrogens is 2. The van der Waals surface area contributed by atoms with Crippen LogP contribution in [0, 0.1) is 0 Å². The quantitative estimate of drug-likeness (QED) is 0.284. The fourth-order valence-electron chi connectivity index (χ4n) is 4.77. The van der Waals surface area contributed by atoms with Gasteiger partial charge in [0.2, 0.25) is 5.91 Å². The molecular weight excluding hydrogens is 446 g/mol. The number of aryl methyl sites for hydroxylation is 2. The molecule has 174 valence electrons. The lowest BCUT2D eigenvalue weighted by molar-refractivity contribution is -0.117. The molecule has 1 amide bonds. The first-order valence-corrected chi connectivity index (χ1v) is 12.2. The molecule has 4 aromatic rings. The Labute approximate surface area is 204 Å². The number of carbonyl (C=O) groups is 1. The number of nitrogens with zero attached hydrogens (tertiary/aromatic N) is 3. The van der Waals surface area contributed by atoms with Crippen molar-refractivity contribution in [3.8, 4) is 5.75 Å². The van der Waals surface area contributed by atoms with Crippen LogP contribution >= 0.6 is 11.6 Å². The van der Waals surface area contributed by atoms with E-state index in [2.05, 4.69) is 29.7 Å². The summed E-state index contributed by atoms with van der Waals surface area (Å²) in [7, 11) is 0. The summed E-state index contributed by atoms with van der Waals surface area (Å²) >= 11 is 5.96. The summed E-state index contributed by atoms with van der Waals surface area (Å²) in [4.78, 5) is 20.0. The highest BCUT2D eigenvalue weighted by molar-refractivity contribution is 6.30. The van der Waals surface area contributed by atoms with Gasteiger partial charge in [0.15, 0.2) is 0 Å². The van der Waals surface area contributed by atoms with Crippen molar-refractivity contribution in [1.29, 1.82) is 0 Å². The molecule has 0 aliphatic carbocycles. The van der Waals surface area contributed by atoms with E-state index in [9.17, 15) is 4.79 Å². The Bertz CT molecular complexity index is 1300. The molecule has 1 aliphatic heterocycles. The van der Waals surface area contributed by atoms with E-state index in [0.29, 0.717) is 24.6 Å². The molecule has 0 saturated carbocycles. The van der Waals surface area contributed by atoms with Crippen LogP contribution in [0.25, 0.3) is 11.0 Å². The number of rotatable bonds is 8. The number of hydrogen-bond donors (Lipinski definition) is 0. The maximum Gasteiger partial charge on any atom is 0.227 e. The van der Waals surface area contributed by atoms with Crippen molar-refractivity contribution in [2.45, 2.75) is 38.6 Å². The Balaban J connectivity index is 1.35. The second-order valence-corrected chi connectivity index (χ2v) is 9.09. The second-order valence-electron chi connectivity index (χ2n) is 8.65. The standard InChI is InChI=1S/C28H28ClN3O2/c1-2-20-8-3-5-10-25(20)32-19-21(18-27(32)33)28-30-24-9-4-6-11-26(24)31(28)16-7-17-34-23-14-12-22(29)13-15-23/h3-6,8-15,21H,2,7,16-19H2,1H3/t21-/m1/s1. The van der Waals surface area contributed by atoms with Crippen LogP contribution in [0.2, 0.25) is 5.02 Å². The van der Waals surface area contributed by atoms with Crippen LogP contribution in [0.4, 0.5) is 5.69 Å². The van der Waals surface area contributed by atoms with E-state index < -0.39 is 0 Å². The third kappa shape index (κ3) is 4.53. The smallest absolute Gasteiger partial charge is 0.227 e. The number of benzene rings is 3. The van der Waals surface area contributed by atoms with Crippen molar-refractivity contribution in [2.75, 3.05) is 18.1 Å². The van der Waals surface area contributed by atoms with Crippen molar-refractivity contribution in [3.63, 3.8) is 0 Å². The average Bonchev–Trinajstić information content (AvgIpc) is 3.43. The number of amides is 1. The van der Waals surface area contributed by atoms with Gasteiger partial charge in [-0.1, -0.05) is 48.9 Å². The summed E-state index contributed by atoms with van der Waals surface area (Å²) in [6.45, 7) is 4.15. The fourth-order valence-corrected chi connectivity index (χ4v) is 4.90. The summed E-state index contributed by atoms with van der Waals surface area (Å²) in [5.41, 5.74) is 4.29. The topological polar surface area (TPSA) is 47.4 Å². The average molecular weight is 474 g/mol. The molecule has 1 saturated heterocycles. The number of anilines is 1. The van der Waals surface area contributed by atoms with Crippen LogP contribution in [-0.4, -0.2) is 28.6 Å². The summed E-state index contributed by atoms with van der Waals surface area (Å²) in [5.74, 6) is 2.02. The van der Waals surface area contributed by atoms with Gasteiger partial charge in [0.05, 0.1) is 17.6 Å². The molecule has 1 fully saturated rings. The molecule has 0 unspecified atom stereocenters. The maximum absolute atomic E-state index is 13.1. The predicted molar refractivity (Wildman–Crippen MR) is 137 cm³/mol. The van der Waals surface area contributed by atoms with Crippen molar-refractivity contribution in [1.82, 2.24) is 9.55 Å². The van der Waals surface area contributed by atoms with Crippen LogP contribution < -0.4 is 9.64 Å². The first kappa shape index (κ1) is 22.5. The Morgan fingerprint density at radius 2 is 1.79 bits per heavy atom. The van der Waals surface area contributed by atoms with Gasteiger partial charge in [-0.3, -0.25) is 4.79 Å². The van der Waals surface area contributed by atoms with Crippen molar-refractivity contribution in [2.24, 2.45) is 0 Å². The van der Waals surface area contributed by atoms with Gasteiger partial charge in [-0.25, -0.2) is 4.98 Å². The van der Waals surface area contributed by atoms with Crippen molar-refractivity contribution >= 4 is 34.2 Å². The van der Waals surface area contributed by atoms with E-state index >= 15 is 0 Å². The van der Waals surface area contributed by atoms with Crippen LogP contribution in [0.5, 0.6) is 5.75 Å². The molecule has 1 aliphatic rings. The Kier molecular flexibility index (Phi) is 6.54. The highest BCUT2D eigenvalue weighted by atomic mass is 35.5. The number of fused-ring (bicyclic) bond motifs is 1. The Morgan fingerprint density at radius 1 is 1.03 bits per heavy atom. The SMILES string of the molecule is CCc1ccccc1N1C[C@H](c2nc3ccccc3n2CCCOc2ccc(Cl)cc2)CC1=O. The van der Waals surface area contributed by atoms with E-state index in [1.54, 1.807) is 0 Å². The number of halogens is 1. The summed E-state index contributed by atoms with van der Waals surface area (Å²) in [6, 6.07) is 23.8. The zero-order valence-corrected chi connectivity index (χ0v) is 20.0. The van der Waals surface area contributed by atoms with Gasteiger partial charge in [-0.15, -0.1) is 0 Å². The lowest BCUT2D eigenvalue weighted by atomic mass is 10.1. The minimum atomic E-state index is 0.0574. The van der Waals surface area contributed by atoms with Gasteiger partial charge in [0, 0.05) is 36.1 Å². The summed E-state index contributed by atoms with van der Waals surface area (Å²) < 4.78 is 8.17. The third-order valence-corrected chi connectivity index (χ3v) is 6.70. The van der Waals surface area contributed by atoms with Gasteiger partial charge in [0.25, 0.3) is 0 Å². The molecule has 34 heavy (non-hydrogen) atoms. The molecule has 0 bridgehead atoms. The molecule has 3 aromatic carbocycles. The molecule has 5 rings (SSSR count). The first-order valence-electron chi connectivity index (χ1n) is 11.9. The number of imidazole rings is 1. The zero-order valence-electron chi connectivity index (χ0n) is 19.3. The van der Waals surface area contributed by atoms with Crippen LogP contribution in [0.15, 0.2) is 72.8 Å². The third-order valence-electron chi connectivity index (χ3n) is 6.45. The first-order chi connectivity index (χ1) is 16.6. The van der Waals surface area contributed by atoms with E-state index in [1.807, 2.05) is 59.5 Å². The predicted octanol–water partition coefficient (Wildman–Crippen LogP) is 6.24. The summed E-state index contributed by atoms with van der Waals surface area (Å²) in [6.07, 6.45) is 2.21. The zero-order chi connectivity index (χ0) is 23.5. The lowest BCUT2D eigenvalue weighted by Crippen LogP contribution is -2.25. The van der Waals surface area contributed by atoms with Crippen LogP contribution in [-0.2, 0) is 17.8 Å². The fraction of sp³-hybridized carbons (Fsp3) is 0.286. The number of para-hydroxylation sites is 3. The van der Waals surface area contributed by atoms with Gasteiger partial charge >= 0.3 is 0 Å². The highest BCUT2D eigenvalue weighted by Gasteiger charge is 2.35. The van der Waals surface area contributed by atoms with E-state index in [0.717, 1.165) is 47.7 Å². The Hall–Kier alpha value is -3.31. The molecule has 1 aromatic heterocycles. The minimum Gasteiger partial charge on any atom is -0.494 e. The van der Waals surface area contributed by atoms with Crippen molar-refractivity contribution in [3.05, 3.63) is 89.2 Å². The van der Waals surface area contributed by atoms with Gasteiger partial charge in [0.1, 0.15) is 11.6 Å². The van der Waals surface area contributed by atoms with Crippen LogP contribution in [0.1, 0.15) is 37.1 Å². The Morgan fingerprint density at radius 3 is 2.62 bits per heavy atom. The number of carbonyl (C=O) groups excluding carboxylic acids is 1. The molecule has 0 radical (unpaired) electrons. The maximum atomic E-state index is 13.1. The second kappa shape index (κ2) is 9.90. The van der Waals surface area contributed by atoms with E-state index in [1.165, 1.54) is 5.56 Å². The minimum absolute atomic E-state index is 0.0574.